The van der Waals surface area contributed by atoms with Gasteiger partial charge in [-0.15, -0.1) is 0 Å². The molecule has 0 aromatic carbocycles. The summed E-state index contributed by atoms with van der Waals surface area (Å²) in [6, 6.07) is -0.303. The second-order valence-corrected chi connectivity index (χ2v) is 10.3. The van der Waals surface area contributed by atoms with Gasteiger partial charge in [0.25, 0.3) is 8.32 Å². The Bertz CT molecular complexity index is 222. The minimum absolute atomic E-state index is 0.0531. The van der Waals surface area contributed by atoms with Crippen LogP contribution in [0.3, 0.4) is 0 Å². The van der Waals surface area contributed by atoms with Crippen molar-refractivity contribution in [3.8, 4) is 0 Å². The molecule has 0 bridgehead atoms. The molecule has 0 aromatic rings. The van der Waals surface area contributed by atoms with E-state index in [9.17, 15) is 4.79 Å². The molecule has 1 N–H and O–H groups in total. The average molecular weight is 249 g/mol. The molecule has 0 amide bonds. The van der Waals surface area contributed by atoms with Crippen LogP contribution in [-0.4, -0.2) is 33.1 Å². The molecular weight excluding hydrogens is 226 g/mol. The first-order valence-electron chi connectivity index (χ1n) is 5.16. The zero-order valence-corrected chi connectivity index (χ0v) is 12.4. The first-order chi connectivity index (χ1) is 6.65. The van der Waals surface area contributed by atoms with Crippen LogP contribution >= 0.6 is 12.6 Å². The highest BCUT2D eigenvalue weighted by Crippen LogP contribution is 2.36. The summed E-state index contributed by atoms with van der Waals surface area (Å²) in [7, 11) is -0.243. The normalized spacial score (nSPS) is 14.9. The predicted octanol–water partition coefficient (Wildman–Crippen LogP) is 2.05. The molecule has 1 atom stereocenters. The second-order valence-electron chi connectivity index (χ2n) is 5.21. The molecule has 3 nitrogen and oxygen atoms in total. The molecule has 0 saturated heterocycles. The van der Waals surface area contributed by atoms with Gasteiger partial charge in [-0.3, -0.25) is 4.79 Å². The number of likely N-dealkylation sites (N-methyl/N-ethyl adjacent to an activating group) is 1. The smallest absolute Gasteiger partial charge is 0.310 e. The molecule has 0 spiro atoms. The van der Waals surface area contributed by atoms with Gasteiger partial charge in [-0.1, -0.05) is 20.8 Å². The highest BCUT2D eigenvalue weighted by atomic mass is 32.1. The highest BCUT2D eigenvalue weighted by molar-refractivity contribution is 7.80. The van der Waals surface area contributed by atoms with Gasteiger partial charge < -0.3 is 9.74 Å². The molecule has 0 aliphatic carbocycles. The van der Waals surface area contributed by atoms with Crippen LogP contribution in [0.25, 0.3) is 0 Å². The van der Waals surface area contributed by atoms with Crippen molar-refractivity contribution in [1.29, 1.82) is 0 Å². The van der Waals surface area contributed by atoms with Gasteiger partial charge in [-0.25, -0.2) is 0 Å². The molecule has 15 heavy (non-hydrogen) atoms. The molecule has 0 fully saturated rings. The molecule has 0 radical (unpaired) electrons. The maximum Gasteiger partial charge on any atom is 0.310 e. The largest absolute Gasteiger partial charge is 0.518 e. The quantitative estimate of drug-likeness (QED) is 0.592. The van der Waals surface area contributed by atoms with Crippen molar-refractivity contribution in [2.45, 2.75) is 44.9 Å². The van der Waals surface area contributed by atoms with Crippen molar-refractivity contribution in [2.24, 2.45) is 0 Å². The number of carbonyl (C=O) groups excluding carboxylic acids is 1. The van der Waals surface area contributed by atoms with E-state index < -0.39 is 8.32 Å². The minimum Gasteiger partial charge on any atom is -0.518 e. The maximum absolute atomic E-state index is 11.8. The van der Waals surface area contributed by atoms with E-state index in [-0.39, 0.29) is 17.0 Å². The molecule has 0 aromatic heterocycles. The van der Waals surface area contributed by atoms with Crippen molar-refractivity contribution in [1.82, 2.24) is 5.32 Å². The number of nitrogens with one attached hydrogen (secondary N) is 1. The summed E-state index contributed by atoms with van der Waals surface area (Å²) in [6.07, 6.45) is 0. The van der Waals surface area contributed by atoms with Crippen LogP contribution in [0.4, 0.5) is 0 Å². The summed E-state index contributed by atoms with van der Waals surface area (Å²) in [5.74, 6) is 0.281. The summed E-state index contributed by atoms with van der Waals surface area (Å²) in [5.41, 5.74) is 0. The van der Waals surface area contributed by atoms with Crippen molar-refractivity contribution < 1.29 is 9.22 Å². The molecule has 0 rings (SSSR count). The first-order valence-corrected chi connectivity index (χ1v) is 8.70. The van der Waals surface area contributed by atoms with Crippen LogP contribution in [0.5, 0.6) is 0 Å². The van der Waals surface area contributed by atoms with Gasteiger partial charge in [0.15, 0.2) is 0 Å². The monoisotopic (exact) mass is 249 g/mol. The lowest BCUT2D eigenvalue weighted by molar-refractivity contribution is -0.137. The number of hydrogen-bond acceptors (Lipinski definition) is 4. The van der Waals surface area contributed by atoms with Crippen LogP contribution in [0, 0.1) is 0 Å². The minimum atomic E-state index is -1.99. The third kappa shape index (κ3) is 4.16. The highest BCUT2D eigenvalue weighted by Gasteiger charge is 2.41. The molecule has 5 heteroatoms. The Labute approximate surface area is 99.5 Å². The van der Waals surface area contributed by atoms with E-state index in [0.29, 0.717) is 5.75 Å². The van der Waals surface area contributed by atoms with Crippen LogP contribution in [0.2, 0.25) is 18.1 Å². The lowest BCUT2D eigenvalue weighted by atomic mass is 10.2. The number of rotatable bonds is 4. The Kier molecular flexibility index (Phi) is 5.36. The molecule has 0 aliphatic rings. The molecule has 0 unspecified atom stereocenters. The zero-order valence-electron chi connectivity index (χ0n) is 10.5. The number of hydrogen-bond donors (Lipinski definition) is 2. The first kappa shape index (κ1) is 15.0. The third-order valence-electron chi connectivity index (χ3n) is 2.98. The number of carbonyl (C=O) groups is 1. The van der Waals surface area contributed by atoms with E-state index in [1.807, 2.05) is 0 Å². The number of thiol groups is 1. The topological polar surface area (TPSA) is 38.3 Å². The summed E-state index contributed by atoms with van der Waals surface area (Å²) in [4.78, 5) is 11.8. The molecule has 0 saturated carbocycles. The van der Waals surface area contributed by atoms with E-state index in [1.54, 1.807) is 7.05 Å². The maximum atomic E-state index is 11.8. The molecule has 0 heterocycles. The summed E-state index contributed by atoms with van der Waals surface area (Å²) < 4.78 is 5.63. The summed E-state index contributed by atoms with van der Waals surface area (Å²) in [6.45, 7) is 10.5. The van der Waals surface area contributed by atoms with Gasteiger partial charge in [0, 0.05) is 5.75 Å². The van der Waals surface area contributed by atoms with E-state index >= 15 is 0 Å². The van der Waals surface area contributed by atoms with Crippen LogP contribution < -0.4 is 5.32 Å². The Morgan fingerprint density at radius 1 is 1.47 bits per heavy atom. The van der Waals surface area contributed by atoms with Gasteiger partial charge in [-0.05, 0) is 25.2 Å². The average Bonchev–Trinajstić information content (AvgIpc) is 2.03. The van der Waals surface area contributed by atoms with Gasteiger partial charge in [0.1, 0.15) is 6.04 Å². The van der Waals surface area contributed by atoms with Gasteiger partial charge >= 0.3 is 5.97 Å². The van der Waals surface area contributed by atoms with E-state index in [4.69, 9.17) is 4.43 Å². The molecular formula is C10H23NO2SSi. The lowest BCUT2D eigenvalue weighted by Gasteiger charge is -2.36. The lowest BCUT2D eigenvalue weighted by Crippen LogP contribution is -2.48. The van der Waals surface area contributed by atoms with Gasteiger partial charge in [0.2, 0.25) is 0 Å². The predicted molar refractivity (Wildman–Crippen MR) is 70.0 cm³/mol. The molecule has 90 valence electrons. The van der Waals surface area contributed by atoms with Gasteiger partial charge in [-0.2, -0.15) is 12.6 Å². The fraction of sp³-hybridized carbons (Fsp3) is 0.900. The van der Waals surface area contributed by atoms with E-state index in [2.05, 4.69) is 51.8 Å². The fourth-order valence-electron chi connectivity index (χ4n) is 0.759. The third-order valence-corrected chi connectivity index (χ3v) is 7.67. The molecule has 0 aliphatic heterocycles. The van der Waals surface area contributed by atoms with Crippen molar-refractivity contribution >= 4 is 26.9 Å². The van der Waals surface area contributed by atoms with Crippen LogP contribution in [0.1, 0.15) is 20.8 Å². The van der Waals surface area contributed by atoms with Crippen LogP contribution in [-0.2, 0) is 9.22 Å². The van der Waals surface area contributed by atoms with Gasteiger partial charge in [0.05, 0.1) is 0 Å². The fourth-order valence-corrected chi connectivity index (χ4v) is 2.04. The summed E-state index contributed by atoms with van der Waals surface area (Å²) >= 11 is 4.11. The zero-order chi connectivity index (χ0) is 12.3. The Hall–Kier alpha value is -0.00312. The Morgan fingerprint density at radius 3 is 2.20 bits per heavy atom. The van der Waals surface area contributed by atoms with E-state index in [1.165, 1.54) is 0 Å². The van der Waals surface area contributed by atoms with E-state index in [0.717, 1.165) is 0 Å². The Balaban J connectivity index is 4.53. The van der Waals surface area contributed by atoms with Crippen LogP contribution in [0.15, 0.2) is 0 Å². The Morgan fingerprint density at radius 2 is 1.93 bits per heavy atom. The standard InChI is InChI=1S/C10H23NO2SSi/c1-10(2,3)15(5,6)13-9(12)8(7-14)11-4/h8,11,14H,7H2,1-6H3/t8-/m0/s1. The van der Waals surface area contributed by atoms with Crippen molar-refractivity contribution in [3.05, 3.63) is 0 Å². The second kappa shape index (κ2) is 5.36. The van der Waals surface area contributed by atoms with Crippen molar-refractivity contribution in [3.63, 3.8) is 0 Å². The summed E-state index contributed by atoms with van der Waals surface area (Å²) in [5, 5.41) is 2.95. The SMILES string of the molecule is CN[C@@H](CS)C(=O)O[Si](C)(C)C(C)(C)C. The van der Waals surface area contributed by atoms with Crippen molar-refractivity contribution in [2.75, 3.05) is 12.8 Å².